The SMILES string of the molecule is Cc1ccc(F)cc1S(=O)(=O)NCCNc1cc(-c2ccccc2O)nc2c(P(C)F)cnn12. The summed E-state index contributed by atoms with van der Waals surface area (Å²) in [5.41, 5.74) is 1.59. The second-order valence-corrected chi connectivity index (χ2v) is 10.7. The lowest BCUT2D eigenvalue weighted by Crippen LogP contribution is -2.29. The van der Waals surface area contributed by atoms with Crippen molar-refractivity contribution in [3.8, 4) is 17.0 Å². The smallest absolute Gasteiger partial charge is 0.240 e. The maximum absolute atomic E-state index is 14.2. The van der Waals surface area contributed by atoms with E-state index in [0.717, 1.165) is 6.07 Å². The fraction of sp³-hybridized carbons (Fsp3) is 0.182. The number of hydrogen-bond acceptors (Lipinski definition) is 6. The zero-order chi connectivity index (χ0) is 24.5. The van der Waals surface area contributed by atoms with Gasteiger partial charge >= 0.3 is 0 Å². The van der Waals surface area contributed by atoms with E-state index in [0.29, 0.717) is 33.6 Å². The van der Waals surface area contributed by atoms with Crippen LogP contribution in [0.3, 0.4) is 0 Å². The molecule has 0 aliphatic carbocycles. The molecule has 0 bridgehead atoms. The number of halogens is 2. The number of aryl methyl sites for hydroxylation is 1. The van der Waals surface area contributed by atoms with Crippen LogP contribution in [0.2, 0.25) is 0 Å². The molecule has 0 amide bonds. The molecule has 3 N–H and O–H groups in total. The molecule has 178 valence electrons. The summed E-state index contributed by atoms with van der Waals surface area (Å²) in [7, 11) is -5.90. The van der Waals surface area contributed by atoms with Crippen molar-refractivity contribution in [1.82, 2.24) is 19.3 Å². The van der Waals surface area contributed by atoms with Gasteiger partial charge < -0.3 is 10.4 Å². The van der Waals surface area contributed by atoms with Gasteiger partial charge in [0.05, 0.1) is 22.1 Å². The number of sulfonamides is 1. The van der Waals surface area contributed by atoms with Crippen molar-refractivity contribution in [2.45, 2.75) is 11.8 Å². The van der Waals surface area contributed by atoms with Gasteiger partial charge in [0.25, 0.3) is 0 Å². The number of nitrogens with one attached hydrogen (secondary N) is 2. The van der Waals surface area contributed by atoms with Crippen LogP contribution in [0, 0.1) is 12.7 Å². The first kappa shape index (κ1) is 24.0. The molecular formula is C22H22F2N5O3PS. The van der Waals surface area contributed by atoms with Gasteiger partial charge in [-0.15, -0.1) is 0 Å². The number of para-hydroxylation sites is 1. The average Bonchev–Trinajstić information content (AvgIpc) is 3.23. The van der Waals surface area contributed by atoms with Crippen molar-refractivity contribution in [1.29, 1.82) is 0 Å². The average molecular weight is 505 g/mol. The monoisotopic (exact) mass is 505 g/mol. The van der Waals surface area contributed by atoms with Crippen molar-refractivity contribution in [2.24, 2.45) is 0 Å². The highest BCUT2D eigenvalue weighted by Crippen LogP contribution is 2.34. The molecule has 2 heterocycles. The predicted octanol–water partition coefficient (Wildman–Crippen LogP) is 3.56. The number of benzene rings is 2. The standard InChI is InChI=1S/C22H22F2N5O3PS/c1-14-7-8-15(23)11-20(14)34(31,32)27-10-9-25-21-12-17(16-5-3-4-6-18(16)30)28-22-19(33(2)24)13-26-29(21)22/h3-8,11-13,25,27,30H,9-10H2,1-2H3. The molecule has 1 atom stereocenters. The predicted molar refractivity (Wildman–Crippen MR) is 128 cm³/mol. The van der Waals surface area contributed by atoms with Crippen LogP contribution in [0.25, 0.3) is 16.9 Å². The summed E-state index contributed by atoms with van der Waals surface area (Å²) in [5, 5.41) is 17.9. The second-order valence-electron chi connectivity index (χ2n) is 7.52. The van der Waals surface area contributed by atoms with Crippen LogP contribution in [0.4, 0.5) is 14.4 Å². The molecule has 0 aliphatic rings. The molecule has 1 unspecified atom stereocenters. The number of hydrogen-bond donors (Lipinski definition) is 3. The summed E-state index contributed by atoms with van der Waals surface area (Å²) >= 11 is 0. The summed E-state index contributed by atoms with van der Waals surface area (Å²) in [5.74, 6) is -0.186. The maximum Gasteiger partial charge on any atom is 0.240 e. The van der Waals surface area contributed by atoms with Crippen LogP contribution in [0.1, 0.15) is 5.56 Å². The fourth-order valence-electron chi connectivity index (χ4n) is 3.44. The van der Waals surface area contributed by atoms with Gasteiger partial charge in [-0.1, -0.05) is 18.2 Å². The molecule has 0 spiro atoms. The largest absolute Gasteiger partial charge is 0.507 e. The van der Waals surface area contributed by atoms with E-state index in [2.05, 4.69) is 20.1 Å². The van der Waals surface area contributed by atoms with E-state index in [4.69, 9.17) is 0 Å². The molecule has 8 nitrogen and oxygen atoms in total. The number of phenols is 1. The minimum atomic E-state index is -3.92. The Kier molecular flexibility index (Phi) is 6.79. The van der Waals surface area contributed by atoms with E-state index in [-0.39, 0.29) is 23.7 Å². The molecule has 0 saturated heterocycles. The van der Waals surface area contributed by atoms with Crippen LogP contribution in [0.5, 0.6) is 5.75 Å². The van der Waals surface area contributed by atoms with E-state index in [1.807, 2.05) is 0 Å². The first-order chi connectivity index (χ1) is 16.2. The van der Waals surface area contributed by atoms with E-state index in [9.17, 15) is 22.1 Å². The highest BCUT2D eigenvalue weighted by Gasteiger charge is 2.19. The van der Waals surface area contributed by atoms with Crippen molar-refractivity contribution >= 4 is 35.0 Å². The first-order valence-corrected chi connectivity index (χ1v) is 13.4. The third kappa shape index (κ3) is 4.86. The fourth-order valence-corrected chi connectivity index (χ4v) is 5.36. The van der Waals surface area contributed by atoms with Gasteiger partial charge in [-0.25, -0.2) is 26.7 Å². The molecule has 34 heavy (non-hydrogen) atoms. The molecule has 12 heteroatoms. The number of nitrogens with zero attached hydrogens (tertiary/aromatic N) is 3. The van der Waals surface area contributed by atoms with Gasteiger partial charge in [0.1, 0.15) is 25.6 Å². The lowest BCUT2D eigenvalue weighted by atomic mass is 10.1. The van der Waals surface area contributed by atoms with Gasteiger partial charge in [-0.3, -0.25) is 0 Å². The van der Waals surface area contributed by atoms with Gasteiger partial charge in [-0.2, -0.15) is 9.61 Å². The molecule has 2 aromatic heterocycles. The minimum Gasteiger partial charge on any atom is -0.507 e. The van der Waals surface area contributed by atoms with Gasteiger partial charge in [0.15, 0.2) is 5.65 Å². The topological polar surface area (TPSA) is 109 Å². The van der Waals surface area contributed by atoms with Crippen LogP contribution in [0.15, 0.2) is 59.6 Å². The van der Waals surface area contributed by atoms with Crippen molar-refractivity contribution in [3.63, 3.8) is 0 Å². The lowest BCUT2D eigenvalue weighted by molar-refractivity contribution is 0.477. The zero-order valence-electron chi connectivity index (χ0n) is 18.3. The number of fused-ring (bicyclic) bond motifs is 1. The van der Waals surface area contributed by atoms with E-state index in [1.54, 1.807) is 31.2 Å². The van der Waals surface area contributed by atoms with Crippen LogP contribution >= 0.6 is 8.23 Å². The quantitative estimate of drug-likeness (QED) is 0.250. The molecular weight excluding hydrogens is 483 g/mol. The molecule has 4 rings (SSSR count). The third-order valence-corrected chi connectivity index (χ3v) is 7.71. The van der Waals surface area contributed by atoms with E-state index in [1.165, 1.54) is 35.6 Å². The maximum atomic E-state index is 14.2. The Balaban J connectivity index is 1.59. The van der Waals surface area contributed by atoms with Crippen molar-refractivity contribution < 1.29 is 22.1 Å². The van der Waals surface area contributed by atoms with Gasteiger partial charge in [0.2, 0.25) is 10.0 Å². The van der Waals surface area contributed by atoms with Gasteiger partial charge in [-0.05, 0) is 43.4 Å². The Morgan fingerprint density at radius 2 is 1.91 bits per heavy atom. The number of anilines is 1. The highest BCUT2D eigenvalue weighted by atomic mass is 32.2. The molecule has 0 aliphatic heterocycles. The summed E-state index contributed by atoms with van der Waals surface area (Å²) in [6.07, 6.45) is 1.41. The number of phenolic OH excluding ortho intramolecular Hbond substituents is 1. The molecule has 0 fully saturated rings. The van der Waals surface area contributed by atoms with E-state index >= 15 is 0 Å². The summed E-state index contributed by atoms with van der Waals surface area (Å²) < 4.78 is 56.8. The minimum absolute atomic E-state index is 0.00819. The molecule has 4 aromatic rings. The summed E-state index contributed by atoms with van der Waals surface area (Å²) in [4.78, 5) is 4.37. The van der Waals surface area contributed by atoms with Crippen LogP contribution < -0.4 is 15.3 Å². The van der Waals surface area contributed by atoms with Crippen molar-refractivity contribution in [2.75, 3.05) is 25.1 Å². The zero-order valence-corrected chi connectivity index (χ0v) is 20.0. The highest BCUT2D eigenvalue weighted by molar-refractivity contribution is 7.89. The Morgan fingerprint density at radius 1 is 1.15 bits per heavy atom. The van der Waals surface area contributed by atoms with Crippen molar-refractivity contribution in [3.05, 3.63) is 66.1 Å². The summed E-state index contributed by atoms with van der Waals surface area (Å²) in [6.45, 7) is 3.17. The van der Waals surface area contributed by atoms with E-state index < -0.39 is 24.1 Å². The molecule has 0 radical (unpaired) electrons. The molecule has 0 saturated carbocycles. The Hall–Kier alpha value is -3.14. The Bertz CT molecular complexity index is 1460. The normalized spacial score (nSPS) is 12.7. The Labute approximate surface area is 196 Å². The van der Waals surface area contributed by atoms with Crippen LogP contribution in [-0.2, 0) is 10.0 Å². The number of rotatable bonds is 8. The Morgan fingerprint density at radius 3 is 2.65 bits per heavy atom. The first-order valence-electron chi connectivity index (χ1n) is 10.2. The number of aromatic nitrogens is 3. The second kappa shape index (κ2) is 9.61. The summed E-state index contributed by atoms with van der Waals surface area (Å²) in [6, 6.07) is 11.9. The molecule has 2 aromatic carbocycles. The lowest BCUT2D eigenvalue weighted by Gasteiger charge is -2.13. The third-order valence-electron chi connectivity index (χ3n) is 5.13. The van der Waals surface area contributed by atoms with Gasteiger partial charge in [0, 0.05) is 24.7 Å². The number of aromatic hydroxyl groups is 1. The van der Waals surface area contributed by atoms with Crippen LogP contribution in [-0.4, -0.2) is 47.9 Å².